The number of hydrogen-bond acceptors (Lipinski definition) is 4. The van der Waals surface area contributed by atoms with E-state index in [9.17, 15) is 4.79 Å². The number of carbonyl (C=O) groups excluding carboxylic acids is 1. The van der Waals surface area contributed by atoms with Gasteiger partial charge in [-0.15, -0.1) is 0 Å². The van der Waals surface area contributed by atoms with Gasteiger partial charge in [0.2, 0.25) is 5.91 Å². The first-order valence-electron chi connectivity index (χ1n) is 10.2. The largest absolute Gasteiger partial charge is 0.373 e. The lowest BCUT2D eigenvalue weighted by Crippen LogP contribution is -2.66. The summed E-state index contributed by atoms with van der Waals surface area (Å²) < 4.78 is 1.03. The Morgan fingerprint density at radius 1 is 1.33 bits per heavy atom. The van der Waals surface area contributed by atoms with Crippen LogP contribution < -0.4 is 16.0 Å². The quantitative estimate of drug-likeness (QED) is 0.688. The van der Waals surface area contributed by atoms with Crippen molar-refractivity contribution in [3.63, 3.8) is 0 Å². The molecule has 3 aliphatic rings. The van der Waals surface area contributed by atoms with Gasteiger partial charge in [0.25, 0.3) is 0 Å². The monoisotopic (exact) mass is 372 g/mol. The lowest BCUT2D eigenvalue weighted by atomic mass is 9.99. The Hall–Kier alpha value is -1.63. The Morgan fingerprint density at radius 3 is 2.89 bits per heavy atom. The van der Waals surface area contributed by atoms with Crippen molar-refractivity contribution in [2.75, 3.05) is 46.1 Å². The molecule has 4 rings (SSSR count). The number of nitrogens with one attached hydrogen (secondary N) is 3. The summed E-state index contributed by atoms with van der Waals surface area (Å²) in [6.07, 6.45) is 3.50. The van der Waals surface area contributed by atoms with Crippen LogP contribution in [0.1, 0.15) is 24.0 Å². The van der Waals surface area contributed by atoms with E-state index in [1.165, 1.54) is 11.1 Å². The van der Waals surface area contributed by atoms with Crippen molar-refractivity contribution in [2.24, 2.45) is 0 Å². The number of para-hydroxylation sites is 1. The van der Waals surface area contributed by atoms with Crippen LogP contribution in [0.15, 0.2) is 18.2 Å². The van der Waals surface area contributed by atoms with E-state index in [1.54, 1.807) is 0 Å². The second kappa shape index (κ2) is 7.08. The number of benzene rings is 1. The zero-order valence-corrected chi connectivity index (χ0v) is 17.1. The molecule has 0 saturated carbocycles. The van der Waals surface area contributed by atoms with E-state index in [1.807, 2.05) is 0 Å². The molecule has 0 radical (unpaired) electrons. The molecular weight excluding hydrogens is 338 g/mol. The second-order valence-corrected chi connectivity index (χ2v) is 9.16. The Morgan fingerprint density at radius 2 is 2.15 bits per heavy atom. The molecule has 6 heteroatoms. The summed E-state index contributed by atoms with van der Waals surface area (Å²) in [5.74, 6) is 0.150. The molecule has 5 unspecified atom stereocenters. The molecular formula is C21H34N5O+. The van der Waals surface area contributed by atoms with E-state index in [4.69, 9.17) is 0 Å². The van der Waals surface area contributed by atoms with Crippen molar-refractivity contribution in [1.82, 2.24) is 15.5 Å². The van der Waals surface area contributed by atoms with Crippen molar-refractivity contribution in [2.45, 2.75) is 50.5 Å². The summed E-state index contributed by atoms with van der Waals surface area (Å²) in [7, 11) is 6.66. The number of rotatable bonds is 4. The molecule has 3 heterocycles. The molecule has 5 atom stereocenters. The lowest BCUT2D eigenvalue weighted by Gasteiger charge is -2.46. The molecule has 27 heavy (non-hydrogen) atoms. The third-order valence-corrected chi connectivity index (χ3v) is 6.88. The minimum absolute atomic E-state index is 0.140. The van der Waals surface area contributed by atoms with Crippen LogP contribution in [0.4, 0.5) is 5.69 Å². The lowest BCUT2D eigenvalue weighted by molar-refractivity contribution is -0.948. The average Bonchev–Trinajstić information content (AvgIpc) is 3.17. The van der Waals surface area contributed by atoms with Crippen LogP contribution >= 0.6 is 0 Å². The van der Waals surface area contributed by atoms with Crippen LogP contribution in [0.2, 0.25) is 0 Å². The van der Waals surface area contributed by atoms with Crippen LogP contribution in [0.3, 0.4) is 0 Å². The maximum absolute atomic E-state index is 12.9. The van der Waals surface area contributed by atoms with Gasteiger partial charge in [-0.2, -0.15) is 0 Å². The van der Waals surface area contributed by atoms with Crippen LogP contribution in [0, 0.1) is 6.92 Å². The van der Waals surface area contributed by atoms with Gasteiger partial charge in [0, 0.05) is 18.5 Å². The van der Waals surface area contributed by atoms with Crippen molar-refractivity contribution in [3.8, 4) is 0 Å². The molecule has 3 aliphatic heterocycles. The molecule has 6 nitrogen and oxygen atoms in total. The summed E-state index contributed by atoms with van der Waals surface area (Å²) >= 11 is 0. The molecule has 1 aromatic rings. The van der Waals surface area contributed by atoms with Gasteiger partial charge in [-0.25, -0.2) is 0 Å². The van der Waals surface area contributed by atoms with Crippen molar-refractivity contribution in [3.05, 3.63) is 29.3 Å². The molecule has 3 N–H and O–H groups in total. The number of likely N-dealkylation sites (N-methyl/N-ethyl adjacent to an activating group) is 2. The molecule has 1 amide bonds. The maximum atomic E-state index is 12.9. The highest BCUT2D eigenvalue weighted by Gasteiger charge is 2.50. The van der Waals surface area contributed by atoms with Crippen molar-refractivity contribution < 1.29 is 9.28 Å². The first-order chi connectivity index (χ1) is 12.9. The van der Waals surface area contributed by atoms with Gasteiger partial charge in [0.1, 0.15) is 24.8 Å². The second-order valence-electron chi connectivity index (χ2n) is 9.16. The smallest absolute Gasteiger partial charge is 0.243 e. The van der Waals surface area contributed by atoms with Crippen LogP contribution in [-0.2, 0) is 11.2 Å². The van der Waals surface area contributed by atoms with Gasteiger partial charge in [0.05, 0.1) is 26.2 Å². The SMILES string of the molecule is Cc1cccc2c1NC(C(=O)NC1CCC3NCC(CN(C)C)[N+]3(C)C1)C2. The Labute approximate surface area is 162 Å². The maximum Gasteiger partial charge on any atom is 0.243 e. The van der Waals surface area contributed by atoms with Crippen molar-refractivity contribution in [1.29, 1.82) is 0 Å². The standard InChI is InChI=1S/C21H33N5O/c1-14-6-5-7-15-10-18(24-20(14)15)21(27)23-16-8-9-19-22-11-17(12-25(2)3)26(19,4)13-16/h5-7,16-19,22,24H,8-13H2,1-4H3/p+1. The fourth-order valence-electron chi connectivity index (χ4n) is 5.34. The van der Waals surface area contributed by atoms with Gasteiger partial charge >= 0.3 is 0 Å². The average molecular weight is 373 g/mol. The number of carbonyl (C=O) groups is 1. The zero-order chi connectivity index (χ0) is 19.2. The van der Waals surface area contributed by atoms with Gasteiger partial charge in [-0.1, -0.05) is 18.2 Å². The molecule has 0 spiro atoms. The number of hydrogen-bond donors (Lipinski definition) is 3. The fourth-order valence-corrected chi connectivity index (χ4v) is 5.34. The minimum Gasteiger partial charge on any atom is -0.373 e. The first-order valence-corrected chi connectivity index (χ1v) is 10.2. The van der Waals surface area contributed by atoms with E-state index in [-0.39, 0.29) is 18.0 Å². The summed E-state index contributed by atoms with van der Waals surface area (Å²) in [6, 6.07) is 7.01. The predicted molar refractivity (Wildman–Crippen MR) is 109 cm³/mol. The van der Waals surface area contributed by atoms with Crippen LogP contribution in [-0.4, -0.2) is 80.4 Å². The Bertz CT molecular complexity index is 721. The van der Waals surface area contributed by atoms with Gasteiger partial charge < -0.3 is 20.0 Å². The van der Waals surface area contributed by atoms with E-state index in [2.05, 4.69) is 67.1 Å². The number of aryl methyl sites for hydroxylation is 1. The third-order valence-electron chi connectivity index (χ3n) is 6.88. The number of anilines is 1. The highest BCUT2D eigenvalue weighted by Crippen LogP contribution is 2.32. The summed E-state index contributed by atoms with van der Waals surface area (Å²) in [5, 5.41) is 10.5. The highest BCUT2D eigenvalue weighted by molar-refractivity contribution is 5.88. The third kappa shape index (κ3) is 3.46. The summed E-state index contributed by atoms with van der Waals surface area (Å²) in [4.78, 5) is 15.2. The number of piperidine rings is 1. The topological polar surface area (TPSA) is 56.4 Å². The van der Waals surface area contributed by atoms with Gasteiger partial charge in [0.15, 0.2) is 0 Å². The fraction of sp³-hybridized carbons (Fsp3) is 0.667. The minimum atomic E-state index is -0.140. The zero-order valence-electron chi connectivity index (χ0n) is 17.1. The van der Waals surface area contributed by atoms with E-state index < -0.39 is 0 Å². The molecule has 148 valence electrons. The van der Waals surface area contributed by atoms with Gasteiger partial charge in [-0.3, -0.25) is 10.1 Å². The molecule has 0 aliphatic carbocycles. The number of fused-ring (bicyclic) bond motifs is 2. The molecule has 0 aromatic heterocycles. The Kier molecular flexibility index (Phi) is 4.91. The number of nitrogens with zero attached hydrogens (tertiary/aromatic N) is 2. The normalized spacial score (nSPS) is 34.9. The van der Waals surface area contributed by atoms with E-state index in [0.717, 1.165) is 49.1 Å². The summed E-state index contributed by atoms with van der Waals surface area (Å²) in [5.41, 5.74) is 3.62. The molecule has 0 bridgehead atoms. The molecule has 1 aromatic carbocycles. The summed E-state index contributed by atoms with van der Waals surface area (Å²) in [6.45, 7) is 5.27. The molecule has 2 fully saturated rings. The van der Waals surface area contributed by atoms with Crippen molar-refractivity contribution >= 4 is 11.6 Å². The van der Waals surface area contributed by atoms with E-state index in [0.29, 0.717) is 12.2 Å². The number of amides is 1. The predicted octanol–water partition coefficient (Wildman–Crippen LogP) is 0.916. The first kappa shape index (κ1) is 18.7. The van der Waals surface area contributed by atoms with Crippen LogP contribution in [0.5, 0.6) is 0 Å². The number of quaternary nitrogens is 1. The van der Waals surface area contributed by atoms with Crippen LogP contribution in [0.25, 0.3) is 0 Å². The molecule has 2 saturated heterocycles. The van der Waals surface area contributed by atoms with E-state index >= 15 is 0 Å². The highest BCUT2D eigenvalue weighted by atomic mass is 16.2. The van der Waals surface area contributed by atoms with Gasteiger partial charge in [-0.05, 0) is 38.6 Å². The Balaban J connectivity index is 1.39.